The lowest BCUT2D eigenvalue weighted by atomic mass is 10.1. The average Bonchev–Trinajstić information content (AvgIpc) is 2.39. The van der Waals surface area contributed by atoms with E-state index in [-0.39, 0.29) is 11.3 Å². The molecule has 0 bridgehead atoms. The topological polar surface area (TPSA) is 63.6 Å². The van der Waals surface area contributed by atoms with Gasteiger partial charge in [0.2, 0.25) is 0 Å². The van der Waals surface area contributed by atoms with Crippen LogP contribution in [0, 0.1) is 0 Å². The van der Waals surface area contributed by atoms with Crippen LogP contribution in [0.15, 0.2) is 18.2 Å². The Hall–Kier alpha value is -1.49. The number of carbonyl (C=O) groups excluding carboxylic acids is 1. The first kappa shape index (κ1) is 15.6. The maximum absolute atomic E-state index is 11.9. The lowest BCUT2D eigenvalue weighted by Gasteiger charge is -2.08. The van der Waals surface area contributed by atoms with E-state index in [1.54, 1.807) is 30.8 Å². The quantitative estimate of drug-likeness (QED) is 0.586. The standard InChI is InChI=1S/C14H18O4S/c1-3-7-19-9-12(15)10-5-6-13(18-4-2)11(8-10)14(16)17/h5-6,8H,3-4,7,9H2,1-2H3,(H,16,17). The van der Waals surface area contributed by atoms with Crippen LogP contribution in [-0.2, 0) is 0 Å². The smallest absolute Gasteiger partial charge is 0.339 e. The van der Waals surface area contributed by atoms with Gasteiger partial charge in [-0.2, -0.15) is 11.8 Å². The number of hydrogen-bond donors (Lipinski definition) is 1. The fraction of sp³-hybridized carbons (Fsp3) is 0.429. The maximum atomic E-state index is 11.9. The van der Waals surface area contributed by atoms with E-state index in [2.05, 4.69) is 6.92 Å². The molecule has 1 aromatic carbocycles. The molecule has 0 amide bonds. The van der Waals surface area contributed by atoms with Crippen molar-refractivity contribution >= 4 is 23.5 Å². The molecule has 0 aromatic heterocycles. The Labute approximate surface area is 117 Å². The van der Waals surface area contributed by atoms with Crippen molar-refractivity contribution in [2.24, 2.45) is 0 Å². The van der Waals surface area contributed by atoms with Crippen molar-refractivity contribution in [3.63, 3.8) is 0 Å². The monoisotopic (exact) mass is 282 g/mol. The van der Waals surface area contributed by atoms with Crippen LogP contribution in [0.4, 0.5) is 0 Å². The highest BCUT2D eigenvalue weighted by Gasteiger charge is 2.15. The fourth-order valence-corrected chi connectivity index (χ4v) is 2.33. The van der Waals surface area contributed by atoms with Crippen LogP contribution < -0.4 is 4.74 Å². The van der Waals surface area contributed by atoms with E-state index in [4.69, 9.17) is 9.84 Å². The molecule has 0 spiro atoms. The number of carboxylic acid groups (broad SMARTS) is 1. The van der Waals surface area contributed by atoms with Gasteiger partial charge in [-0.05, 0) is 37.3 Å². The van der Waals surface area contributed by atoms with Crippen LogP contribution in [0.3, 0.4) is 0 Å². The number of aromatic carboxylic acids is 1. The molecule has 0 fully saturated rings. The number of hydrogen-bond acceptors (Lipinski definition) is 4. The molecule has 0 aliphatic rings. The van der Waals surface area contributed by atoms with Gasteiger partial charge in [-0.1, -0.05) is 6.92 Å². The molecule has 19 heavy (non-hydrogen) atoms. The van der Waals surface area contributed by atoms with E-state index in [9.17, 15) is 9.59 Å². The van der Waals surface area contributed by atoms with Crippen molar-refractivity contribution in [2.75, 3.05) is 18.1 Å². The summed E-state index contributed by atoms with van der Waals surface area (Å²) in [4.78, 5) is 23.0. The van der Waals surface area contributed by atoms with Crippen molar-refractivity contribution in [1.29, 1.82) is 0 Å². The third kappa shape index (κ3) is 4.59. The van der Waals surface area contributed by atoms with Crippen molar-refractivity contribution in [3.05, 3.63) is 29.3 Å². The molecule has 1 N–H and O–H groups in total. The van der Waals surface area contributed by atoms with Crippen LogP contribution in [0.5, 0.6) is 5.75 Å². The van der Waals surface area contributed by atoms with Crippen molar-refractivity contribution in [2.45, 2.75) is 20.3 Å². The van der Waals surface area contributed by atoms with Crippen molar-refractivity contribution in [3.8, 4) is 5.75 Å². The molecule has 1 aromatic rings. The second kappa shape index (κ2) is 7.84. The molecule has 5 heteroatoms. The first-order valence-electron chi connectivity index (χ1n) is 6.21. The summed E-state index contributed by atoms with van der Waals surface area (Å²) in [5, 5.41) is 9.12. The minimum atomic E-state index is -1.08. The zero-order valence-electron chi connectivity index (χ0n) is 11.1. The van der Waals surface area contributed by atoms with Crippen LogP contribution in [0.2, 0.25) is 0 Å². The van der Waals surface area contributed by atoms with Gasteiger partial charge in [-0.25, -0.2) is 4.79 Å². The summed E-state index contributed by atoms with van der Waals surface area (Å²) >= 11 is 1.56. The Bertz CT molecular complexity index is 457. The third-order valence-corrected chi connectivity index (χ3v) is 3.58. The van der Waals surface area contributed by atoms with Gasteiger partial charge in [0.25, 0.3) is 0 Å². The summed E-state index contributed by atoms with van der Waals surface area (Å²) in [7, 11) is 0. The molecule has 104 valence electrons. The molecule has 0 radical (unpaired) electrons. The van der Waals surface area contributed by atoms with Gasteiger partial charge in [0, 0.05) is 5.56 Å². The molecular weight excluding hydrogens is 264 g/mol. The average molecular weight is 282 g/mol. The van der Waals surface area contributed by atoms with E-state index in [0.29, 0.717) is 23.7 Å². The molecule has 1 rings (SSSR count). The summed E-state index contributed by atoms with van der Waals surface area (Å²) in [6, 6.07) is 4.55. The predicted octanol–water partition coefficient (Wildman–Crippen LogP) is 3.11. The van der Waals surface area contributed by atoms with Gasteiger partial charge in [0.05, 0.1) is 12.4 Å². The lowest BCUT2D eigenvalue weighted by molar-refractivity contribution is 0.0692. The van der Waals surface area contributed by atoms with E-state index in [1.807, 2.05) is 0 Å². The number of Topliss-reactive ketones (excluding diaryl/α,β-unsaturated/α-hetero) is 1. The largest absolute Gasteiger partial charge is 0.493 e. The van der Waals surface area contributed by atoms with Crippen LogP contribution in [0.1, 0.15) is 41.0 Å². The molecule has 0 aliphatic carbocycles. The summed E-state index contributed by atoms with van der Waals surface area (Å²) in [6.45, 7) is 4.23. The van der Waals surface area contributed by atoms with Gasteiger partial charge in [-0.15, -0.1) is 0 Å². The van der Waals surface area contributed by atoms with Gasteiger partial charge in [-0.3, -0.25) is 4.79 Å². The van der Waals surface area contributed by atoms with Gasteiger partial charge in [0.1, 0.15) is 11.3 Å². The molecule has 0 saturated heterocycles. The third-order valence-electron chi connectivity index (χ3n) is 2.41. The summed E-state index contributed by atoms with van der Waals surface area (Å²) in [6.07, 6.45) is 1.02. The summed E-state index contributed by atoms with van der Waals surface area (Å²) in [5.74, 6) is 0.464. The first-order chi connectivity index (χ1) is 9.10. The van der Waals surface area contributed by atoms with Gasteiger partial charge < -0.3 is 9.84 Å². The maximum Gasteiger partial charge on any atom is 0.339 e. The van der Waals surface area contributed by atoms with E-state index < -0.39 is 5.97 Å². The molecular formula is C14H18O4S. The highest BCUT2D eigenvalue weighted by atomic mass is 32.2. The van der Waals surface area contributed by atoms with Crippen molar-refractivity contribution < 1.29 is 19.4 Å². The first-order valence-corrected chi connectivity index (χ1v) is 7.36. The predicted molar refractivity (Wildman–Crippen MR) is 76.5 cm³/mol. The Morgan fingerprint density at radius 1 is 1.32 bits per heavy atom. The van der Waals surface area contributed by atoms with E-state index >= 15 is 0 Å². The molecule has 4 nitrogen and oxygen atoms in total. The van der Waals surface area contributed by atoms with Crippen LogP contribution in [0.25, 0.3) is 0 Å². The Balaban J connectivity index is 2.88. The molecule has 0 atom stereocenters. The number of rotatable bonds is 8. The summed E-state index contributed by atoms with van der Waals surface area (Å²) < 4.78 is 5.23. The minimum Gasteiger partial charge on any atom is -0.493 e. The van der Waals surface area contributed by atoms with Crippen LogP contribution in [-0.4, -0.2) is 35.0 Å². The Morgan fingerprint density at radius 3 is 2.63 bits per heavy atom. The highest BCUT2D eigenvalue weighted by molar-refractivity contribution is 7.99. The van der Waals surface area contributed by atoms with Gasteiger partial charge in [0.15, 0.2) is 5.78 Å². The molecule has 0 heterocycles. The number of benzene rings is 1. The lowest BCUT2D eigenvalue weighted by Crippen LogP contribution is -2.08. The Morgan fingerprint density at radius 2 is 2.05 bits per heavy atom. The highest BCUT2D eigenvalue weighted by Crippen LogP contribution is 2.21. The van der Waals surface area contributed by atoms with Gasteiger partial charge >= 0.3 is 5.97 Å². The number of ketones is 1. The SMILES string of the molecule is CCCSCC(=O)c1ccc(OCC)c(C(=O)O)c1. The number of ether oxygens (including phenoxy) is 1. The zero-order valence-corrected chi connectivity index (χ0v) is 12.0. The normalized spacial score (nSPS) is 10.2. The molecule has 0 unspecified atom stereocenters. The summed E-state index contributed by atoms with van der Waals surface area (Å²) in [5.41, 5.74) is 0.456. The molecule has 0 aliphatic heterocycles. The number of carboxylic acids is 1. The second-order valence-corrected chi connectivity index (χ2v) is 5.03. The zero-order chi connectivity index (χ0) is 14.3. The second-order valence-electron chi connectivity index (χ2n) is 3.92. The van der Waals surface area contributed by atoms with E-state index in [0.717, 1.165) is 12.2 Å². The van der Waals surface area contributed by atoms with E-state index in [1.165, 1.54) is 6.07 Å². The molecule has 0 saturated carbocycles. The number of carbonyl (C=O) groups is 2. The number of thioether (sulfide) groups is 1. The Kier molecular flexibility index (Phi) is 6.42. The fourth-order valence-electron chi connectivity index (χ4n) is 1.54. The minimum absolute atomic E-state index is 0.0354. The van der Waals surface area contributed by atoms with Crippen molar-refractivity contribution in [1.82, 2.24) is 0 Å². The van der Waals surface area contributed by atoms with Crippen LogP contribution >= 0.6 is 11.8 Å².